The second kappa shape index (κ2) is 6.86. The zero-order valence-corrected chi connectivity index (χ0v) is 10.8. The van der Waals surface area contributed by atoms with Crippen molar-refractivity contribution in [1.82, 2.24) is 0 Å². The summed E-state index contributed by atoms with van der Waals surface area (Å²) in [6.07, 6.45) is 0.786. The quantitative estimate of drug-likeness (QED) is 0.747. The molecule has 5 heteroatoms. The first-order valence-electron chi connectivity index (χ1n) is 5.87. The highest BCUT2D eigenvalue weighted by Crippen LogP contribution is 2.28. The third kappa shape index (κ3) is 3.92. The zero-order chi connectivity index (χ0) is 13.5. The predicted octanol–water partition coefficient (Wildman–Crippen LogP) is 0.697. The summed E-state index contributed by atoms with van der Waals surface area (Å²) in [6, 6.07) is 5.63. The van der Waals surface area contributed by atoms with E-state index in [1.165, 1.54) is 0 Å². The van der Waals surface area contributed by atoms with Crippen LogP contribution in [-0.4, -0.2) is 26.2 Å². The molecule has 0 saturated carbocycles. The van der Waals surface area contributed by atoms with Gasteiger partial charge in [0, 0.05) is 0 Å². The number of primary amides is 1. The summed E-state index contributed by atoms with van der Waals surface area (Å²) in [5, 5.41) is 0. The van der Waals surface area contributed by atoms with Crippen molar-refractivity contribution in [2.24, 2.45) is 17.4 Å². The van der Waals surface area contributed by atoms with E-state index in [1.807, 2.05) is 18.2 Å². The maximum Gasteiger partial charge on any atom is 0.223 e. The lowest BCUT2D eigenvalue weighted by Crippen LogP contribution is -2.25. The van der Waals surface area contributed by atoms with Gasteiger partial charge in [-0.25, -0.2) is 0 Å². The molecule has 1 aromatic carbocycles. The Kier molecular flexibility index (Phi) is 5.45. The van der Waals surface area contributed by atoms with Gasteiger partial charge in [0.2, 0.25) is 5.91 Å². The van der Waals surface area contributed by atoms with E-state index in [0.717, 1.165) is 12.0 Å². The molecule has 1 rings (SSSR count). The second-order valence-electron chi connectivity index (χ2n) is 4.14. The van der Waals surface area contributed by atoms with Crippen molar-refractivity contribution in [3.05, 3.63) is 23.8 Å². The summed E-state index contributed by atoms with van der Waals surface area (Å²) in [5.74, 6) is 0.524. The van der Waals surface area contributed by atoms with E-state index in [2.05, 4.69) is 0 Å². The molecule has 1 atom stereocenters. The fourth-order valence-electron chi connectivity index (χ4n) is 1.45. The number of rotatable bonds is 7. The van der Waals surface area contributed by atoms with Crippen molar-refractivity contribution in [2.45, 2.75) is 13.3 Å². The average Bonchev–Trinajstić information content (AvgIpc) is 2.36. The van der Waals surface area contributed by atoms with Gasteiger partial charge >= 0.3 is 0 Å². The van der Waals surface area contributed by atoms with Crippen LogP contribution in [-0.2, 0) is 11.2 Å². The molecule has 0 aliphatic carbocycles. The Bertz CT molecular complexity index is 407. The van der Waals surface area contributed by atoms with Crippen molar-refractivity contribution in [3.8, 4) is 11.5 Å². The number of carbonyl (C=O) groups excluding carboxylic acids is 1. The minimum absolute atomic E-state index is 0.238. The number of amides is 1. The summed E-state index contributed by atoms with van der Waals surface area (Å²) < 4.78 is 10.8. The van der Waals surface area contributed by atoms with Crippen molar-refractivity contribution in [1.29, 1.82) is 0 Å². The monoisotopic (exact) mass is 252 g/mol. The largest absolute Gasteiger partial charge is 0.493 e. The summed E-state index contributed by atoms with van der Waals surface area (Å²) in [7, 11) is 1.58. The summed E-state index contributed by atoms with van der Waals surface area (Å²) in [4.78, 5) is 10.9. The maximum atomic E-state index is 10.9. The van der Waals surface area contributed by atoms with Gasteiger partial charge in [0.15, 0.2) is 11.5 Å². The fourth-order valence-corrected chi connectivity index (χ4v) is 1.45. The van der Waals surface area contributed by atoms with Gasteiger partial charge in [-0.15, -0.1) is 0 Å². The smallest absolute Gasteiger partial charge is 0.223 e. The Labute approximate surface area is 107 Å². The third-order valence-electron chi connectivity index (χ3n) is 2.64. The van der Waals surface area contributed by atoms with E-state index in [4.69, 9.17) is 20.9 Å². The molecule has 0 fully saturated rings. The molecule has 0 bridgehead atoms. The Morgan fingerprint density at radius 2 is 2.11 bits per heavy atom. The van der Waals surface area contributed by atoms with Gasteiger partial charge in [0.05, 0.1) is 19.6 Å². The van der Waals surface area contributed by atoms with Crippen LogP contribution in [0.15, 0.2) is 18.2 Å². The SMILES string of the molecule is COc1cc(CCN)ccc1OCC(C)C(N)=O. The van der Waals surface area contributed by atoms with Crippen LogP contribution in [0.5, 0.6) is 11.5 Å². The molecule has 0 aromatic heterocycles. The molecule has 5 nitrogen and oxygen atoms in total. The molecule has 18 heavy (non-hydrogen) atoms. The van der Waals surface area contributed by atoms with Crippen LogP contribution < -0.4 is 20.9 Å². The van der Waals surface area contributed by atoms with Crippen LogP contribution in [0.1, 0.15) is 12.5 Å². The zero-order valence-electron chi connectivity index (χ0n) is 10.8. The molecule has 0 radical (unpaired) electrons. The molecule has 0 spiro atoms. The van der Waals surface area contributed by atoms with Gasteiger partial charge in [-0.3, -0.25) is 4.79 Å². The molecule has 0 aliphatic rings. The third-order valence-corrected chi connectivity index (χ3v) is 2.64. The van der Waals surface area contributed by atoms with Gasteiger partial charge < -0.3 is 20.9 Å². The minimum Gasteiger partial charge on any atom is -0.493 e. The van der Waals surface area contributed by atoms with E-state index in [-0.39, 0.29) is 18.4 Å². The minimum atomic E-state index is -0.381. The highest BCUT2D eigenvalue weighted by molar-refractivity contribution is 5.76. The molecular formula is C13H20N2O3. The van der Waals surface area contributed by atoms with Gasteiger partial charge in [0.25, 0.3) is 0 Å². The molecule has 0 heterocycles. The van der Waals surface area contributed by atoms with Crippen LogP contribution in [0.4, 0.5) is 0 Å². The number of ether oxygens (including phenoxy) is 2. The Morgan fingerprint density at radius 3 is 2.67 bits per heavy atom. The summed E-state index contributed by atoms with van der Waals surface area (Å²) >= 11 is 0. The molecular weight excluding hydrogens is 232 g/mol. The first-order chi connectivity index (χ1) is 8.58. The van der Waals surface area contributed by atoms with Crippen LogP contribution in [0.25, 0.3) is 0 Å². The lowest BCUT2D eigenvalue weighted by molar-refractivity contribution is -0.122. The Morgan fingerprint density at radius 1 is 1.39 bits per heavy atom. The number of carbonyl (C=O) groups is 1. The predicted molar refractivity (Wildman–Crippen MR) is 69.6 cm³/mol. The van der Waals surface area contributed by atoms with Gasteiger partial charge in [0.1, 0.15) is 0 Å². The standard InChI is InChI=1S/C13H20N2O3/c1-9(13(15)16)8-18-11-4-3-10(5-6-14)7-12(11)17-2/h3-4,7,9H,5-6,8,14H2,1-2H3,(H2,15,16). The summed E-state index contributed by atoms with van der Waals surface area (Å²) in [6.45, 7) is 2.54. The van der Waals surface area contributed by atoms with Crippen molar-refractivity contribution < 1.29 is 14.3 Å². The fraction of sp³-hybridized carbons (Fsp3) is 0.462. The molecule has 1 aromatic rings. The van der Waals surface area contributed by atoms with Crippen LogP contribution in [0.2, 0.25) is 0 Å². The average molecular weight is 252 g/mol. The van der Waals surface area contributed by atoms with Crippen LogP contribution in [0.3, 0.4) is 0 Å². The molecule has 0 saturated heterocycles. The number of nitrogens with two attached hydrogens (primary N) is 2. The molecule has 100 valence electrons. The first-order valence-corrected chi connectivity index (χ1v) is 5.87. The molecule has 0 aliphatic heterocycles. The Balaban J connectivity index is 2.73. The maximum absolute atomic E-state index is 10.9. The number of methoxy groups -OCH3 is 1. The van der Waals surface area contributed by atoms with Gasteiger partial charge in [-0.2, -0.15) is 0 Å². The van der Waals surface area contributed by atoms with Gasteiger partial charge in [-0.1, -0.05) is 13.0 Å². The van der Waals surface area contributed by atoms with Gasteiger partial charge in [-0.05, 0) is 30.7 Å². The summed E-state index contributed by atoms with van der Waals surface area (Å²) in [5.41, 5.74) is 11.8. The van der Waals surface area contributed by atoms with E-state index in [1.54, 1.807) is 14.0 Å². The van der Waals surface area contributed by atoms with E-state index < -0.39 is 0 Å². The highest BCUT2D eigenvalue weighted by Gasteiger charge is 2.11. The highest BCUT2D eigenvalue weighted by atomic mass is 16.5. The van der Waals surface area contributed by atoms with Crippen LogP contribution in [0, 0.1) is 5.92 Å². The molecule has 4 N–H and O–H groups in total. The lowest BCUT2D eigenvalue weighted by Gasteiger charge is -2.14. The Hall–Kier alpha value is -1.75. The van der Waals surface area contributed by atoms with E-state index in [0.29, 0.717) is 18.0 Å². The normalized spacial score (nSPS) is 11.9. The molecule has 1 unspecified atom stereocenters. The van der Waals surface area contributed by atoms with Crippen molar-refractivity contribution in [2.75, 3.05) is 20.3 Å². The second-order valence-corrected chi connectivity index (χ2v) is 4.14. The number of hydrogen-bond acceptors (Lipinski definition) is 4. The van der Waals surface area contributed by atoms with E-state index >= 15 is 0 Å². The number of benzene rings is 1. The van der Waals surface area contributed by atoms with E-state index in [9.17, 15) is 4.79 Å². The topological polar surface area (TPSA) is 87.6 Å². The number of hydrogen-bond donors (Lipinski definition) is 2. The van der Waals surface area contributed by atoms with Crippen molar-refractivity contribution in [3.63, 3.8) is 0 Å². The molecule has 1 amide bonds. The van der Waals surface area contributed by atoms with Crippen molar-refractivity contribution >= 4 is 5.91 Å². The first kappa shape index (κ1) is 14.3. The lowest BCUT2D eigenvalue weighted by atomic mass is 10.1. The van der Waals surface area contributed by atoms with Crippen LogP contribution >= 0.6 is 0 Å².